The molecule has 1 atom stereocenters. The third kappa shape index (κ3) is 4.14. The van der Waals surface area contributed by atoms with E-state index in [-0.39, 0.29) is 17.1 Å². The number of carbonyl (C=O) groups excluding carboxylic acids is 2. The van der Waals surface area contributed by atoms with Crippen molar-refractivity contribution in [2.75, 3.05) is 4.90 Å². The van der Waals surface area contributed by atoms with Crippen molar-refractivity contribution < 1.29 is 9.59 Å². The average Bonchev–Trinajstić information content (AvgIpc) is 2.61. The van der Waals surface area contributed by atoms with Crippen molar-refractivity contribution >= 4 is 35.2 Å². The van der Waals surface area contributed by atoms with Crippen LogP contribution in [0.3, 0.4) is 0 Å². The Morgan fingerprint density at radius 1 is 1.19 bits per heavy atom. The van der Waals surface area contributed by atoms with E-state index in [4.69, 9.17) is 0 Å². The molecule has 0 aromatic heterocycles. The molecule has 0 bridgehead atoms. The fourth-order valence-electron chi connectivity index (χ4n) is 2.96. The van der Waals surface area contributed by atoms with Crippen molar-refractivity contribution in [2.45, 2.75) is 26.8 Å². The van der Waals surface area contributed by atoms with Crippen molar-refractivity contribution in [2.24, 2.45) is 11.0 Å². The summed E-state index contributed by atoms with van der Waals surface area (Å²) in [4.78, 5) is 25.0. The van der Waals surface area contributed by atoms with Gasteiger partial charge in [0.15, 0.2) is 0 Å². The van der Waals surface area contributed by atoms with Crippen LogP contribution >= 0.6 is 12.6 Å². The maximum atomic E-state index is 12.0. The SMILES string of the molecule is Cc1ccc(CN(C(=O)S)c2ccc(C3=NNC(=O)CC3C)cc2)cc1. The van der Waals surface area contributed by atoms with Gasteiger partial charge in [0.25, 0.3) is 5.24 Å². The third-order valence-electron chi connectivity index (χ3n) is 4.43. The second-order valence-corrected chi connectivity index (χ2v) is 6.92. The first kappa shape index (κ1) is 18.2. The van der Waals surface area contributed by atoms with Crippen LogP contribution in [0.4, 0.5) is 10.5 Å². The van der Waals surface area contributed by atoms with Crippen LogP contribution in [0.5, 0.6) is 0 Å². The highest BCUT2D eigenvalue weighted by Gasteiger charge is 2.22. The second-order valence-electron chi connectivity index (χ2n) is 6.54. The van der Waals surface area contributed by atoms with Gasteiger partial charge in [-0.3, -0.25) is 14.5 Å². The molecular formula is C20H21N3O2S. The molecule has 0 saturated carbocycles. The third-order valence-corrected chi connectivity index (χ3v) is 4.67. The molecule has 134 valence electrons. The Hall–Kier alpha value is -2.60. The number of thiol groups is 1. The van der Waals surface area contributed by atoms with Gasteiger partial charge in [-0.25, -0.2) is 5.43 Å². The molecular weight excluding hydrogens is 346 g/mol. The summed E-state index contributed by atoms with van der Waals surface area (Å²) in [5.41, 5.74) is 7.29. The lowest BCUT2D eigenvalue weighted by Gasteiger charge is -2.22. The van der Waals surface area contributed by atoms with Gasteiger partial charge in [-0.2, -0.15) is 5.10 Å². The van der Waals surface area contributed by atoms with E-state index in [1.54, 1.807) is 4.90 Å². The van der Waals surface area contributed by atoms with Crippen LogP contribution in [0.1, 0.15) is 30.0 Å². The molecule has 1 unspecified atom stereocenters. The van der Waals surface area contributed by atoms with Crippen molar-refractivity contribution in [3.8, 4) is 0 Å². The monoisotopic (exact) mass is 367 g/mol. The summed E-state index contributed by atoms with van der Waals surface area (Å²) in [7, 11) is 0. The number of benzene rings is 2. The molecule has 0 aliphatic carbocycles. The van der Waals surface area contributed by atoms with Crippen LogP contribution < -0.4 is 10.3 Å². The van der Waals surface area contributed by atoms with Crippen molar-refractivity contribution in [1.82, 2.24) is 5.43 Å². The maximum Gasteiger partial charge on any atom is 0.283 e. The zero-order valence-electron chi connectivity index (χ0n) is 14.8. The molecule has 0 fully saturated rings. The zero-order chi connectivity index (χ0) is 18.7. The molecule has 0 spiro atoms. The average molecular weight is 367 g/mol. The molecule has 6 heteroatoms. The van der Waals surface area contributed by atoms with E-state index in [2.05, 4.69) is 23.2 Å². The molecule has 1 aliphatic rings. The second kappa shape index (κ2) is 7.74. The predicted octanol–water partition coefficient (Wildman–Crippen LogP) is 3.91. The molecule has 0 radical (unpaired) electrons. The molecule has 0 saturated heterocycles. The highest BCUT2D eigenvalue weighted by molar-refractivity contribution is 7.96. The molecule has 5 nitrogen and oxygen atoms in total. The van der Waals surface area contributed by atoms with Crippen LogP contribution in [-0.2, 0) is 11.3 Å². The summed E-state index contributed by atoms with van der Waals surface area (Å²) in [6.45, 7) is 4.46. The number of hydrogen-bond acceptors (Lipinski definition) is 3. The number of amides is 2. The Bertz CT molecular complexity index is 844. The van der Waals surface area contributed by atoms with Crippen LogP contribution in [0, 0.1) is 12.8 Å². The molecule has 1 aliphatic heterocycles. The molecule has 3 rings (SSSR count). The minimum atomic E-state index is -0.311. The Morgan fingerprint density at radius 3 is 2.42 bits per heavy atom. The van der Waals surface area contributed by atoms with Crippen LogP contribution in [0.25, 0.3) is 0 Å². The van der Waals surface area contributed by atoms with Crippen molar-refractivity contribution in [1.29, 1.82) is 0 Å². The number of rotatable bonds is 4. The van der Waals surface area contributed by atoms with E-state index in [0.29, 0.717) is 13.0 Å². The smallest absolute Gasteiger partial charge is 0.283 e. The summed E-state index contributed by atoms with van der Waals surface area (Å²) >= 11 is 4.02. The van der Waals surface area contributed by atoms with Gasteiger partial charge in [0.05, 0.1) is 12.3 Å². The number of aryl methyl sites for hydroxylation is 1. The number of nitrogens with zero attached hydrogens (tertiary/aromatic N) is 2. The largest absolute Gasteiger partial charge is 0.299 e. The standard InChI is InChI=1S/C20H21N3O2S/c1-13-3-5-15(6-4-13)12-23(20(25)26)17-9-7-16(8-10-17)19-14(2)11-18(24)21-22-19/h3-10,14H,11-12H2,1-2H3,(H,21,24)(H,25,26). The highest BCUT2D eigenvalue weighted by atomic mass is 32.1. The summed E-state index contributed by atoms with van der Waals surface area (Å²) in [6, 6.07) is 15.7. The number of hydrazone groups is 1. The summed E-state index contributed by atoms with van der Waals surface area (Å²) in [5, 5.41) is 3.86. The van der Waals surface area contributed by atoms with Gasteiger partial charge in [0, 0.05) is 18.0 Å². The summed E-state index contributed by atoms with van der Waals surface area (Å²) < 4.78 is 0. The lowest BCUT2D eigenvalue weighted by Crippen LogP contribution is -2.32. The molecule has 2 aromatic carbocycles. The summed E-state index contributed by atoms with van der Waals surface area (Å²) in [5.74, 6) is -0.00686. The fourth-order valence-corrected chi connectivity index (χ4v) is 3.15. The van der Waals surface area contributed by atoms with Crippen LogP contribution in [0.15, 0.2) is 53.6 Å². The van der Waals surface area contributed by atoms with Gasteiger partial charge < -0.3 is 0 Å². The zero-order valence-corrected chi connectivity index (χ0v) is 15.7. The first-order valence-corrected chi connectivity index (χ1v) is 8.91. The predicted molar refractivity (Wildman–Crippen MR) is 107 cm³/mol. The van der Waals surface area contributed by atoms with E-state index < -0.39 is 0 Å². The number of anilines is 1. The van der Waals surface area contributed by atoms with Crippen LogP contribution in [0.2, 0.25) is 0 Å². The first-order valence-electron chi connectivity index (χ1n) is 8.47. The van der Waals surface area contributed by atoms with Gasteiger partial charge in [-0.15, -0.1) is 0 Å². The molecule has 1 N–H and O–H groups in total. The Labute approximate surface area is 158 Å². The fraction of sp³-hybridized carbons (Fsp3) is 0.250. The summed E-state index contributed by atoms with van der Waals surface area (Å²) in [6.07, 6.45) is 0.426. The van der Waals surface area contributed by atoms with E-state index in [1.165, 1.54) is 5.56 Å². The van der Waals surface area contributed by atoms with Gasteiger partial charge in [-0.1, -0.05) is 61.5 Å². The van der Waals surface area contributed by atoms with Gasteiger partial charge in [-0.05, 0) is 30.2 Å². The first-order chi connectivity index (χ1) is 12.4. The quantitative estimate of drug-likeness (QED) is 0.805. The number of nitrogens with one attached hydrogen (secondary N) is 1. The van der Waals surface area contributed by atoms with Gasteiger partial charge in [0.2, 0.25) is 5.91 Å². The number of carbonyl (C=O) groups is 2. The van der Waals surface area contributed by atoms with E-state index >= 15 is 0 Å². The molecule has 26 heavy (non-hydrogen) atoms. The Kier molecular flexibility index (Phi) is 5.42. The molecule has 2 amide bonds. The van der Waals surface area contributed by atoms with Crippen molar-refractivity contribution in [3.63, 3.8) is 0 Å². The van der Waals surface area contributed by atoms with E-state index in [1.807, 2.05) is 62.4 Å². The lowest BCUT2D eigenvalue weighted by atomic mass is 9.94. The van der Waals surface area contributed by atoms with Gasteiger partial charge in [0.1, 0.15) is 0 Å². The Morgan fingerprint density at radius 2 is 1.85 bits per heavy atom. The van der Waals surface area contributed by atoms with Gasteiger partial charge >= 0.3 is 0 Å². The molecule has 1 heterocycles. The Balaban J connectivity index is 1.81. The van der Waals surface area contributed by atoms with Crippen LogP contribution in [-0.4, -0.2) is 16.9 Å². The lowest BCUT2D eigenvalue weighted by molar-refractivity contribution is -0.121. The minimum Gasteiger partial charge on any atom is -0.299 e. The topological polar surface area (TPSA) is 61.8 Å². The number of hydrogen-bond donors (Lipinski definition) is 2. The van der Waals surface area contributed by atoms with E-state index in [9.17, 15) is 9.59 Å². The normalized spacial score (nSPS) is 16.7. The highest BCUT2D eigenvalue weighted by Crippen LogP contribution is 2.23. The maximum absolute atomic E-state index is 12.0. The van der Waals surface area contributed by atoms with E-state index in [0.717, 1.165) is 22.5 Å². The van der Waals surface area contributed by atoms with Crippen molar-refractivity contribution in [3.05, 3.63) is 65.2 Å². The molecule has 2 aromatic rings. The minimum absolute atomic E-state index is 0.0600.